The standard InChI is InChI=1S/C16H22ClNO2S/c1-18(12-16(20)9-2-3-10-16)15(19)8-11-21-14-6-4-13(17)5-7-14/h4-7,20H,2-3,8-12H2,1H3. The lowest BCUT2D eigenvalue weighted by atomic mass is 10.0. The molecule has 1 N–H and O–H groups in total. The summed E-state index contributed by atoms with van der Waals surface area (Å²) in [6, 6.07) is 7.63. The van der Waals surface area contributed by atoms with Gasteiger partial charge in [-0.1, -0.05) is 24.4 Å². The van der Waals surface area contributed by atoms with Gasteiger partial charge in [-0.15, -0.1) is 11.8 Å². The van der Waals surface area contributed by atoms with E-state index in [9.17, 15) is 9.90 Å². The Balaban J connectivity index is 1.72. The van der Waals surface area contributed by atoms with Crippen LogP contribution < -0.4 is 0 Å². The summed E-state index contributed by atoms with van der Waals surface area (Å²) < 4.78 is 0. The molecule has 2 rings (SSSR count). The highest BCUT2D eigenvalue weighted by molar-refractivity contribution is 7.99. The number of amides is 1. The van der Waals surface area contributed by atoms with Crippen LogP contribution in [0.1, 0.15) is 32.1 Å². The SMILES string of the molecule is CN(CC1(O)CCCC1)C(=O)CCSc1ccc(Cl)cc1. The third-order valence-electron chi connectivity index (χ3n) is 3.89. The smallest absolute Gasteiger partial charge is 0.223 e. The molecule has 0 unspecified atom stereocenters. The third-order valence-corrected chi connectivity index (χ3v) is 5.16. The van der Waals surface area contributed by atoms with E-state index in [2.05, 4.69) is 0 Å². The third kappa shape index (κ3) is 5.20. The number of hydrogen-bond donors (Lipinski definition) is 1. The Hall–Kier alpha value is -0.710. The molecule has 1 aliphatic rings. The summed E-state index contributed by atoms with van der Waals surface area (Å²) in [4.78, 5) is 14.9. The molecule has 116 valence electrons. The van der Waals surface area contributed by atoms with Crippen LogP contribution in [0.2, 0.25) is 5.02 Å². The highest BCUT2D eigenvalue weighted by Crippen LogP contribution is 2.30. The first-order valence-corrected chi connectivity index (χ1v) is 8.70. The van der Waals surface area contributed by atoms with E-state index in [-0.39, 0.29) is 5.91 Å². The van der Waals surface area contributed by atoms with Gasteiger partial charge in [0.1, 0.15) is 0 Å². The number of hydrogen-bond acceptors (Lipinski definition) is 3. The maximum atomic E-state index is 12.1. The molecule has 1 saturated carbocycles. The van der Waals surface area contributed by atoms with Crippen molar-refractivity contribution in [3.05, 3.63) is 29.3 Å². The first-order chi connectivity index (χ1) is 9.98. The highest BCUT2D eigenvalue weighted by atomic mass is 35.5. The zero-order valence-corrected chi connectivity index (χ0v) is 13.9. The van der Waals surface area contributed by atoms with Crippen LogP contribution in [0.3, 0.4) is 0 Å². The van der Waals surface area contributed by atoms with Gasteiger partial charge in [-0.2, -0.15) is 0 Å². The van der Waals surface area contributed by atoms with Gasteiger partial charge < -0.3 is 10.0 Å². The molecule has 1 aromatic carbocycles. The molecular weight excluding hydrogens is 306 g/mol. The molecule has 1 aromatic rings. The lowest BCUT2D eigenvalue weighted by Gasteiger charge is -2.28. The fraction of sp³-hybridized carbons (Fsp3) is 0.562. The van der Waals surface area contributed by atoms with E-state index in [0.717, 1.165) is 41.4 Å². The summed E-state index contributed by atoms with van der Waals surface area (Å²) >= 11 is 7.49. The summed E-state index contributed by atoms with van der Waals surface area (Å²) in [7, 11) is 1.78. The molecule has 1 aliphatic carbocycles. The summed E-state index contributed by atoms with van der Waals surface area (Å²) in [6.45, 7) is 0.456. The normalized spacial score (nSPS) is 16.9. The number of carbonyl (C=O) groups excluding carboxylic acids is 1. The lowest BCUT2D eigenvalue weighted by molar-refractivity contribution is -0.132. The molecule has 0 heterocycles. The number of thioether (sulfide) groups is 1. The second-order valence-corrected chi connectivity index (χ2v) is 7.34. The van der Waals surface area contributed by atoms with Crippen LogP contribution in [0.4, 0.5) is 0 Å². The monoisotopic (exact) mass is 327 g/mol. The fourth-order valence-electron chi connectivity index (χ4n) is 2.70. The highest BCUT2D eigenvalue weighted by Gasteiger charge is 2.33. The van der Waals surface area contributed by atoms with Crippen LogP contribution in [0, 0.1) is 0 Å². The molecule has 0 aromatic heterocycles. The summed E-state index contributed by atoms with van der Waals surface area (Å²) in [5.74, 6) is 0.834. The van der Waals surface area contributed by atoms with Gasteiger partial charge in [0.2, 0.25) is 5.91 Å². The number of likely N-dealkylation sites (N-methyl/N-ethyl adjacent to an activating group) is 1. The van der Waals surface area contributed by atoms with E-state index >= 15 is 0 Å². The van der Waals surface area contributed by atoms with Crippen LogP contribution in [-0.4, -0.2) is 40.9 Å². The van der Waals surface area contributed by atoms with Gasteiger partial charge in [0.05, 0.1) is 5.60 Å². The number of benzene rings is 1. The Morgan fingerprint density at radius 2 is 1.95 bits per heavy atom. The average Bonchev–Trinajstić information content (AvgIpc) is 2.87. The van der Waals surface area contributed by atoms with Gasteiger partial charge >= 0.3 is 0 Å². The number of aliphatic hydroxyl groups is 1. The molecule has 0 radical (unpaired) electrons. The molecular formula is C16H22ClNO2S. The predicted octanol–water partition coefficient (Wildman–Crippen LogP) is 3.59. The van der Waals surface area contributed by atoms with Gasteiger partial charge in [0.15, 0.2) is 0 Å². The van der Waals surface area contributed by atoms with Crippen molar-refractivity contribution in [3.63, 3.8) is 0 Å². The van der Waals surface area contributed by atoms with Gasteiger partial charge in [-0.05, 0) is 37.1 Å². The second kappa shape index (κ2) is 7.52. The van der Waals surface area contributed by atoms with Gasteiger partial charge in [-0.25, -0.2) is 0 Å². The van der Waals surface area contributed by atoms with Crippen molar-refractivity contribution in [1.82, 2.24) is 4.90 Å². The zero-order chi connectivity index (χ0) is 15.3. The van der Waals surface area contributed by atoms with E-state index in [1.807, 2.05) is 24.3 Å². The second-order valence-electron chi connectivity index (χ2n) is 5.73. The topological polar surface area (TPSA) is 40.5 Å². The van der Waals surface area contributed by atoms with Gasteiger partial charge in [-0.3, -0.25) is 4.79 Å². The van der Waals surface area contributed by atoms with Crippen molar-refractivity contribution in [3.8, 4) is 0 Å². The minimum atomic E-state index is -0.659. The molecule has 21 heavy (non-hydrogen) atoms. The summed E-state index contributed by atoms with van der Waals surface area (Å²) in [5, 5.41) is 11.1. The van der Waals surface area contributed by atoms with E-state index in [4.69, 9.17) is 11.6 Å². The van der Waals surface area contributed by atoms with Crippen molar-refractivity contribution in [1.29, 1.82) is 0 Å². The minimum absolute atomic E-state index is 0.0942. The average molecular weight is 328 g/mol. The minimum Gasteiger partial charge on any atom is -0.388 e. The molecule has 3 nitrogen and oxygen atoms in total. The summed E-state index contributed by atoms with van der Waals surface area (Å²) in [6.07, 6.45) is 4.23. The Bertz CT molecular complexity index is 472. The Morgan fingerprint density at radius 3 is 2.57 bits per heavy atom. The molecule has 1 amide bonds. The Morgan fingerprint density at radius 1 is 1.33 bits per heavy atom. The first-order valence-electron chi connectivity index (χ1n) is 7.33. The maximum Gasteiger partial charge on any atom is 0.223 e. The first kappa shape index (κ1) is 16.7. The molecule has 0 atom stereocenters. The van der Waals surface area contributed by atoms with Crippen molar-refractivity contribution in [2.45, 2.75) is 42.6 Å². The maximum absolute atomic E-state index is 12.1. The van der Waals surface area contributed by atoms with E-state index < -0.39 is 5.60 Å². The largest absolute Gasteiger partial charge is 0.388 e. The predicted molar refractivity (Wildman–Crippen MR) is 87.8 cm³/mol. The quantitative estimate of drug-likeness (QED) is 0.812. The fourth-order valence-corrected chi connectivity index (χ4v) is 3.67. The van der Waals surface area contributed by atoms with Crippen LogP contribution in [0.15, 0.2) is 29.2 Å². The van der Waals surface area contributed by atoms with Crippen molar-refractivity contribution >= 4 is 29.3 Å². The lowest BCUT2D eigenvalue weighted by Crippen LogP contribution is -2.42. The zero-order valence-electron chi connectivity index (χ0n) is 12.3. The van der Waals surface area contributed by atoms with Crippen LogP contribution >= 0.6 is 23.4 Å². The molecule has 0 aliphatic heterocycles. The molecule has 0 spiro atoms. The Labute approximate surface area is 135 Å². The van der Waals surface area contributed by atoms with E-state index in [1.165, 1.54) is 0 Å². The number of nitrogens with zero attached hydrogens (tertiary/aromatic N) is 1. The van der Waals surface area contributed by atoms with Crippen LogP contribution in [0.5, 0.6) is 0 Å². The van der Waals surface area contributed by atoms with Gasteiger partial charge in [0, 0.05) is 35.7 Å². The van der Waals surface area contributed by atoms with Crippen molar-refractivity contribution < 1.29 is 9.90 Å². The van der Waals surface area contributed by atoms with Crippen LogP contribution in [0.25, 0.3) is 0 Å². The molecule has 5 heteroatoms. The number of rotatable bonds is 6. The van der Waals surface area contributed by atoms with E-state index in [0.29, 0.717) is 13.0 Å². The van der Waals surface area contributed by atoms with Gasteiger partial charge in [0.25, 0.3) is 0 Å². The molecule has 0 saturated heterocycles. The van der Waals surface area contributed by atoms with Crippen LogP contribution in [-0.2, 0) is 4.79 Å². The van der Waals surface area contributed by atoms with E-state index in [1.54, 1.807) is 23.7 Å². The van der Waals surface area contributed by atoms with Crippen molar-refractivity contribution in [2.24, 2.45) is 0 Å². The molecule has 1 fully saturated rings. The number of carbonyl (C=O) groups is 1. The molecule has 0 bridgehead atoms. The Kier molecular flexibility index (Phi) is 5.97. The number of halogens is 1. The summed E-state index contributed by atoms with van der Waals surface area (Å²) in [5.41, 5.74) is -0.659. The van der Waals surface area contributed by atoms with Crippen molar-refractivity contribution in [2.75, 3.05) is 19.3 Å².